The van der Waals surface area contributed by atoms with Gasteiger partial charge in [0.05, 0.1) is 12.6 Å². The molecule has 2 aliphatic rings. The van der Waals surface area contributed by atoms with Crippen molar-refractivity contribution in [3.8, 4) is 11.1 Å². The third-order valence-electron chi connectivity index (χ3n) is 8.43. The number of benzene rings is 2. The number of rotatable bonds is 13. The fourth-order valence-corrected chi connectivity index (χ4v) is 6.82. The number of carbonyl (C=O) groups is 3. The van der Waals surface area contributed by atoms with E-state index in [-0.39, 0.29) is 46.6 Å². The fraction of sp³-hybridized carbons (Fsp3) is 0.333. The highest BCUT2D eigenvalue weighted by atomic mass is 32.1. The number of carbonyl (C=O) groups excluding carboxylic acids is 3. The van der Waals surface area contributed by atoms with E-state index in [9.17, 15) is 23.2 Å². The van der Waals surface area contributed by atoms with E-state index in [2.05, 4.69) is 20.8 Å². The van der Waals surface area contributed by atoms with Gasteiger partial charge in [0, 0.05) is 45.0 Å². The average Bonchev–Trinajstić information content (AvgIpc) is 3.43. The third-order valence-corrected chi connectivity index (χ3v) is 9.55. The summed E-state index contributed by atoms with van der Waals surface area (Å²) in [5, 5.41) is 18.7. The summed E-state index contributed by atoms with van der Waals surface area (Å²) in [6, 6.07) is 10.5. The van der Waals surface area contributed by atoms with Gasteiger partial charge in [-0.25, -0.2) is 0 Å². The lowest BCUT2D eigenvalue weighted by Gasteiger charge is -2.32. The molecular weight excluding hydrogens is 628 g/mol. The topological polar surface area (TPSA) is 167 Å². The number of amides is 3. The van der Waals surface area contributed by atoms with Crippen molar-refractivity contribution in [1.82, 2.24) is 25.7 Å². The van der Waals surface area contributed by atoms with Crippen LogP contribution in [0.1, 0.15) is 76.5 Å². The SMILES string of the molecule is C[C@@H](NC(=O)[C@H](CCCc1ncno1)N(C(=O)CNC(=O)c1ccc2c(c1)-c1ccccc1C2(F)F)C1CC1)c1cc(C(=N)N)cs1. The van der Waals surface area contributed by atoms with Crippen LogP contribution in [0.4, 0.5) is 8.78 Å². The number of hydrogen-bond acceptors (Lipinski definition) is 8. The second-order valence-corrected chi connectivity index (χ2v) is 12.7. The number of nitrogens with zero attached hydrogens (tertiary/aromatic N) is 3. The molecule has 11 nitrogen and oxygen atoms in total. The van der Waals surface area contributed by atoms with Crippen LogP contribution in [-0.2, 0) is 21.9 Å². The summed E-state index contributed by atoms with van der Waals surface area (Å²) < 4.78 is 35.1. The monoisotopic (exact) mass is 661 g/mol. The Morgan fingerprint density at radius 2 is 1.89 bits per heavy atom. The summed E-state index contributed by atoms with van der Waals surface area (Å²) in [5.41, 5.74) is 6.67. The molecular formula is C33H33F2N7O4S. The number of thiophene rings is 1. The summed E-state index contributed by atoms with van der Waals surface area (Å²) >= 11 is 1.37. The van der Waals surface area contributed by atoms with E-state index in [4.69, 9.17) is 15.7 Å². The molecule has 0 spiro atoms. The number of nitrogens with two attached hydrogens (primary N) is 1. The minimum atomic E-state index is -3.17. The number of nitrogens with one attached hydrogen (secondary N) is 3. The Labute approximate surface area is 273 Å². The molecule has 14 heteroatoms. The predicted molar refractivity (Wildman–Crippen MR) is 170 cm³/mol. The predicted octanol–water partition coefficient (Wildman–Crippen LogP) is 4.53. The Morgan fingerprint density at radius 3 is 2.60 bits per heavy atom. The van der Waals surface area contributed by atoms with Crippen LogP contribution < -0.4 is 16.4 Å². The van der Waals surface area contributed by atoms with Gasteiger partial charge in [0.15, 0.2) is 6.33 Å². The molecule has 2 heterocycles. The minimum Gasteiger partial charge on any atom is -0.384 e. The van der Waals surface area contributed by atoms with Crippen molar-refractivity contribution >= 4 is 34.9 Å². The first-order valence-corrected chi connectivity index (χ1v) is 16.1. The van der Waals surface area contributed by atoms with Crippen molar-refractivity contribution in [1.29, 1.82) is 5.41 Å². The maximum Gasteiger partial charge on any atom is 0.299 e. The molecule has 1 fully saturated rings. The van der Waals surface area contributed by atoms with Crippen LogP contribution in [-0.4, -0.2) is 57.2 Å². The molecule has 6 rings (SSSR count). The number of hydrogen-bond donors (Lipinski definition) is 4. The Morgan fingerprint density at radius 1 is 1.13 bits per heavy atom. The van der Waals surface area contributed by atoms with Crippen LogP contribution in [0.5, 0.6) is 0 Å². The Balaban J connectivity index is 1.17. The summed E-state index contributed by atoms with van der Waals surface area (Å²) in [7, 11) is 0. The molecule has 1 saturated carbocycles. The first kappa shape index (κ1) is 32.0. The summed E-state index contributed by atoms with van der Waals surface area (Å²) in [4.78, 5) is 47.1. The Hall–Kier alpha value is -4.98. The van der Waals surface area contributed by atoms with Gasteiger partial charge in [-0.05, 0) is 61.9 Å². The number of aromatic nitrogens is 2. The van der Waals surface area contributed by atoms with E-state index in [0.717, 1.165) is 4.88 Å². The van der Waals surface area contributed by atoms with Crippen LogP contribution >= 0.6 is 11.3 Å². The Kier molecular flexibility index (Phi) is 8.86. The van der Waals surface area contributed by atoms with Gasteiger partial charge in [-0.2, -0.15) is 13.8 Å². The van der Waals surface area contributed by atoms with E-state index in [1.807, 2.05) is 6.92 Å². The molecule has 5 N–H and O–H groups in total. The van der Waals surface area contributed by atoms with E-state index in [1.165, 1.54) is 41.9 Å². The zero-order valence-electron chi connectivity index (χ0n) is 25.5. The van der Waals surface area contributed by atoms with Gasteiger partial charge in [-0.1, -0.05) is 35.5 Å². The lowest BCUT2D eigenvalue weighted by molar-refractivity contribution is -0.141. The van der Waals surface area contributed by atoms with Gasteiger partial charge >= 0.3 is 0 Å². The molecule has 0 radical (unpaired) electrons. The van der Waals surface area contributed by atoms with Crippen LogP contribution in [0.15, 0.2) is 64.8 Å². The van der Waals surface area contributed by atoms with Gasteiger partial charge in [-0.15, -0.1) is 11.3 Å². The molecule has 4 aromatic rings. The standard InChI is InChI=1S/C33H33F2N7O4S/c1-18(27-14-20(16-47-27)30(36)37)41-32(45)26(7-4-8-28-39-17-40-46-28)42(21-10-11-21)29(43)15-38-31(44)19-9-12-25-23(13-19)22-5-2-3-6-24(22)33(25,34)35/h2-3,5-6,9,12-14,16-18,21,26H,4,7-8,10-11,15H2,1H3,(H3,36,37)(H,38,44)(H,41,45)/t18-,26+/m1/s1. The summed E-state index contributed by atoms with van der Waals surface area (Å²) in [5.74, 6) is -4.20. The van der Waals surface area contributed by atoms with Crippen LogP contribution in [0.25, 0.3) is 11.1 Å². The van der Waals surface area contributed by atoms with Crippen LogP contribution in [0, 0.1) is 5.41 Å². The van der Waals surface area contributed by atoms with Crippen molar-refractivity contribution in [2.24, 2.45) is 5.73 Å². The first-order chi connectivity index (χ1) is 22.5. The minimum absolute atomic E-state index is 0.0693. The quantitative estimate of drug-likeness (QED) is 0.121. The first-order valence-electron chi connectivity index (χ1n) is 15.2. The largest absolute Gasteiger partial charge is 0.384 e. The van der Waals surface area contributed by atoms with E-state index < -0.39 is 29.8 Å². The van der Waals surface area contributed by atoms with Gasteiger partial charge in [0.25, 0.3) is 11.8 Å². The lowest BCUT2D eigenvalue weighted by atomic mass is 10.0. The van der Waals surface area contributed by atoms with Gasteiger partial charge in [0.1, 0.15) is 11.9 Å². The van der Waals surface area contributed by atoms with E-state index in [0.29, 0.717) is 49.1 Å². The molecule has 3 amide bonds. The smallest absolute Gasteiger partial charge is 0.299 e. The highest BCUT2D eigenvalue weighted by Crippen LogP contribution is 2.50. The van der Waals surface area contributed by atoms with Crippen molar-refractivity contribution in [3.05, 3.63) is 93.3 Å². The zero-order chi connectivity index (χ0) is 33.3. The van der Waals surface area contributed by atoms with Crippen LogP contribution in [0.2, 0.25) is 0 Å². The molecule has 0 saturated heterocycles. The molecule has 2 aliphatic carbocycles. The van der Waals surface area contributed by atoms with Gasteiger partial charge in [0.2, 0.25) is 17.7 Å². The fourth-order valence-electron chi connectivity index (χ4n) is 5.90. The Bertz CT molecular complexity index is 1820. The molecule has 2 aromatic heterocycles. The van der Waals surface area contributed by atoms with Crippen molar-refractivity contribution in [2.75, 3.05) is 6.54 Å². The molecule has 0 bridgehead atoms. The highest BCUT2D eigenvalue weighted by molar-refractivity contribution is 7.10. The number of fused-ring (bicyclic) bond motifs is 3. The maximum atomic E-state index is 15.0. The van der Waals surface area contributed by atoms with E-state index in [1.54, 1.807) is 34.5 Å². The number of halogens is 2. The second-order valence-electron chi connectivity index (χ2n) is 11.7. The van der Waals surface area contributed by atoms with Gasteiger partial charge < -0.3 is 25.8 Å². The molecule has 2 atom stereocenters. The third kappa shape index (κ3) is 6.64. The highest BCUT2D eigenvalue weighted by Gasteiger charge is 2.44. The summed E-state index contributed by atoms with van der Waals surface area (Å²) in [6.45, 7) is 1.44. The van der Waals surface area contributed by atoms with Gasteiger partial charge in [-0.3, -0.25) is 19.8 Å². The lowest BCUT2D eigenvalue weighted by Crippen LogP contribution is -2.53. The molecule has 0 aliphatic heterocycles. The number of aryl methyl sites for hydroxylation is 1. The maximum absolute atomic E-state index is 15.0. The van der Waals surface area contributed by atoms with Crippen molar-refractivity contribution in [3.63, 3.8) is 0 Å². The number of amidine groups is 1. The molecule has 244 valence electrons. The molecule has 2 aromatic carbocycles. The van der Waals surface area contributed by atoms with Crippen molar-refractivity contribution < 1.29 is 27.7 Å². The average molecular weight is 662 g/mol. The normalized spacial score (nSPS) is 15.6. The second kappa shape index (κ2) is 13.0. The summed E-state index contributed by atoms with van der Waals surface area (Å²) in [6.07, 6.45) is 3.93. The zero-order valence-corrected chi connectivity index (χ0v) is 26.3. The van der Waals surface area contributed by atoms with E-state index >= 15 is 0 Å². The van der Waals surface area contributed by atoms with Crippen LogP contribution in [0.3, 0.4) is 0 Å². The van der Waals surface area contributed by atoms with Crippen molar-refractivity contribution in [2.45, 2.75) is 63.1 Å². The molecule has 47 heavy (non-hydrogen) atoms. The molecule has 0 unspecified atom stereocenters. The number of alkyl halides is 2. The number of nitrogen functional groups attached to an aromatic ring is 1.